The van der Waals surface area contributed by atoms with Crippen LogP contribution in [0.1, 0.15) is 19.8 Å². The van der Waals surface area contributed by atoms with Crippen LogP contribution in [-0.2, 0) is 14.2 Å². The quantitative estimate of drug-likeness (QED) is 0.681. The molecule has 2 aliphatic rings. The van der Waals surface area contributed by atoms with Crippen LogP contribution in [0.4, 0.5) is 0 Å². The van der Waals surface area contributed by atoms with Gasteiger partial charge in [-0.25, -0.2) is 0 Å². The summed E-state index contributed by atoms with van der Waals surface area (Å²) in [5, 5.41) is 7.57. The first-order valence-corrected chi connectivity index (χ1v) is 5.28. The van der Waals surface area contributed by atoms with Gasteiger partial charge in [-0.3, -0.25) is 0 Å². The highest BCUT2D eigenvalue weighted by Gasteiger charge is 2.23. The lowest BCUT2D eigenvalue weighted by Gasteiger charge is -2.08. The van der Waals surface area contributed by atoms with Crippen LogP contribution >= 0.6 is 0 Å². The van der Waals surface area contributed by atoms with Gasteiger partial charge in [-0.15, -0.1) is 0 Å². The van der Waals surface area contributed by atoms with E-state index in [2.05, 4.69) is 0 Å². The monoisotopic (exact) mass is 204 g/mol. The highest BCUT2D eigenvalue weighted by Crippen LogP contribution is 2.13. The van der Waals surface area contributed by atoms with Gasteiger partial charge in [0.15, 0.2) is 0 Å². The van der Waals surface area contributed by atoms with Gasteiger partial charge < -0.3 is 19.3 Å². The van der Waals surface area contributed by atoms with Gasteiger partial charge in [0.05, 0.1) is 25.9 Å². The molecule has 1 N–H and O–H groups in total. The summed E-state index contributed by atoms with van der Waals surface area (Å²) in [6.07, 6.45) is 3.09. The Balaban J connectivity index is 0.000000293. The molecule has 0 aromatic carbocycles. The minimum Gasteiger partial charge on any atom is -0.397 e. The average molecular weight is 204 g/mol. The standard InChI is InChI=1S/C8H14O3.C2H6O/c1-2-7(10-3-1)4-9-5-8-6-11-8;1-2-3/h7-8H,1-6H2;3H,2H2,1H3. The van der Waals surface area contributed by atoms with E-state index in [0.717, 1.165) is 32.8 Å². The molecule has 2 fully saturated rings. The van der Waals surface area contributed by atoms with Crippen molar-refractivity contribution in [2.45, 2.75) is 32.0 Å². The third kappa shape index (κ3) is 5.54. The van der Waals surface area contributed by atoms with Gasteiger partial charge in [-0.1, -0.05) is 0 Å². The van der Waals surface area contributed by atoms with Crippen molar-refractivity contribution in [2.24, 2.45) is 0 Å². The Hall–Kier alpha value is -0.160. The Morgan fingerprint density at radius 3 is 2.43 bits per heavy atom. The van der Waals surface area contributed by atoms with E-state index in [-0.39, 0.29) is 6.61 Å². The molecular weight excluding hydrogens is 184 g/mol. The molecule has 0 aromatic heterocycles. The van der Waals surface area contributed by atoms with E-state index in [1.807, 2.05) is 0 Å². The predicted octanol–water partition coefficient (Wildman–Crippen LogP) is 0.579. The van der Waals surface area contributed by atoms with Crippen LogP contribution in [0.25, 0.3) is 0 Å². The molecule has 0 radical (unpaired) electrons. The molecule has 2 heterocycles. The fraction of sp³-hybridized carbons (Fsp3) is 1.00. The fourth-order valence-corrected chi connectivity index (χ4v) is 1.27. The van der Waals surface area contributed by atoms with Crippen molar-refractivity contribution >= 4 is 0 Å². The summed E-state index contributed by atoms with van der Waals surface area (Å²) in [5.41, 5.74) is 0. The van der Waals surface area contributed by atoms with Gasteiger partial charge in [0.2, 0.25) is 0 Å². The molecule has 0 saturated carbocycles. The summed E-state index contributed by atoms with van der Waals surface area (Å²) in [6, 6.07) is 0. The molecule has 0 aliphatic carbocycles. The molecule has 4 nitrogen and oxygen atoms in total. The molecule has 0 bridgehead atoms. The second-order valence-electron chi connectivity index (χ2n) is 3.44. The third-order valence-corrected chi connectivity index (χ3v) is 2.03. The summed E-state index contributed by atoms with van der Waals surface area (Å²) in [7, 11) is 0. The van der Waals surface area contributed by atoms with Gasteiger partial charge in [-0.05, 0) is 19.8 Å². The molecule has 2 rings (SSSR count). The van der Waals surface area contributed by atoms with E-state index in [9.17, 15) is 0 Å². The minimum absolute atomic E-state index is 0.250. The van der Waals surface area contributed by atoms with Gasteiger partial charge >= 0.3 is 0 Å². The molecule has 0 aromatic rings. The zero-order valence-electron chi connectivity index (χ0n) is 8.78. The number of rotatable bonds is 4. The second-order valence-corrected chi connectivity index (χ2v) is 3.44. The Kier molecular flexibility index (Phi) is 6.10. The van der Waals surface area contributed by atoms with Gasteiger partial charge in [0.25, 0.3) is 0 Å². The van der Waals surface area contributed by atoms with Crippen molar-refractivity contribution in [3.8, 4) is 0 Å². The maximum absolute atomic E-state index is 7.57. The minimum atomic E-state index is 0.250. The number of hydrogen-bond donors (Lipinski definition) is 1. The Morgan fingerprint density at radius 1 is 1.29 bits per heavy atom. The second kappa shape index (κ2) is 7.17. The highest BCUT2D eigenvalue weighted by atomic mass is 16.6. The van der Waals surface area contributed by atoms with Crippen LogP contribution in [0.3, 0.4) is 0 Å². The van der Waals surface area contributed by atoms with E-state index in [1.165, 1.54) is 6.42 Å². The van der Waals surface area contributed by atoms with E-state index in [1.54, 1.807) is 6.92 Å². The number of epoxide rings is 1. The molecule has 2 aliphatic heterocycles. The smallest absolute Gasteiger partial charge is 0.104 e. The lowest BCUT2D eigenvalue weighted by atomic mass is 10.2. The highest BCUT2D eigenvalue weighted by molar-refractivity contribution is 4.69. The van der Waals surface area contributed by atoms with Crippen molar-refractivity contribution in [3.05, 3.63) is 0 Å². The van der Waals surface area contributed by atoms with E-state index in [4.69, 9.17) is 19.3 Å². The molecule has 2 atom stereocenters. The normalized spacial score (nSPS) is 29.6. The van der Waals surface area contributed by atoms with Crippen molar-refractivity contribution in [3.63, 3.8) is 0 Å². The van der Waals surface area contributed by atoms with Crippen LogP contribution in [0, 0.1) is 0 Å². The first-order chi connectivity index (χ1) is 6.86. The Labute approximate surface area is 85.2 Å². The Bertz CT molecular complexity index is 130. The van der Waals surface area contributed by atoms with Gasteiger partial charge in [0.1, 0.15) is 6.10 Å². The lowest BCUT2D eigenvalue weighted by Crippen LogP contribution is -2.16. The first kappa shape index (κ1) is 11.9. The molecule has 14 heavy (non-hydrogen) atoms. The van der Waals surface area contributed by atoms with E-state index >= 15 is 0 Å². The van der Waals surface area contributed by atoms with Crippen LogP contribution in [0.5, 0.6) is 0 Å². The molecule has 2 saturated heterocycles. The van der Waals surface area contributed by atoms with Gasteiger partial charge in [-0.2, -0.15) is 0 Å². The molecule has 0 amide bonds. The number of aliphatic hydroxyl groups is 1. The SMILES string of the molecule is C1COC(COCC2CO2)C1.CCO. The lowest BCUT2D eigenvalue weighted by molar-refractivity contribution is 0.0126. The van der Waals surface area contributed by atoms with Crippen LogP contribution in [-0.4, -0.2) is 50.3 Å². The van der Waals surface area contributed by atoms with Crippen LogP contribution in [0.15, 0.2) is 0 Å². The number of aliphatic hydroxyl groups excluding tert-OH is 1. The summed E-state index contributed by atoms with van der Waals surface area (Å²) >= 11 is 0. The van der Waals surface area contributed by atoms with Crippen molar-refractivity contribution in [1.82, 2.24) is 0 Å². The number of ether oxygens (including phenoxy) is 3. The third-order valence-electron chi connectivity index (χ3n) is 2.03. The number of hydrogen-bond acceptors (Lipinski definition) is 4. The van der Waals surface area contributed by atoms with Crippen molar-refractivity contribution in [1.29, 1.82) is 0 Å². The molecule has 2 unspecified atom stereocenters. The van der Waals surface area contributed by atoms with Crippen LogP contribution in [0.2, 0.25) is 0 Å². The average Bonchev–Trinajstić information content (AvgIpc) is 2.82. The predicted molar refractivity (Wildman–Crippen MR) is 52.3 cm³/mol. The summed E-state index contributed by atoms with van der Waals surface area (Å²) < 4.78 is 15.8. The first-order valence-electron chi connectivity index (χ1n) is 5.28. The van der Waals surface area contributed by atoms with Crippen LogP contribution < -0.4 is 0 Å². The van der Waals surface area contributed by atoms with E-state index in [0.29, 0.717) is 12.2 Å². The van der Waals surface area contributed by atoms with Gasteiger partial charge in [0, 0.05) is 13.2 Å². The topological polar surface area (TPSA) is 51.2 Å². The maximum Gasteiger partial charge on any atom is 0.104 e. The zero-order chi connectivity index (χ0) is 10.2. The fourth-order valence-electron chi connectivity index (χ4n) is 1.27. The molecule has 84 valence electrons. The maximum atomic E-state index is 7.57. The summed E-state index contributed by atoms with van der Waals surface area (Å²) in [5.74, 6) is 0. The largest absolute Gasteiger partial charge is 0.397 e. The van der Waals surface area contributed by atoms with E-state index < -0.39 is 0 Å². The summed E-state index contributed by atoms with van der Waals surface area (Å²) in [4.78, 5) is 0. The van der Waals surface area contributed by atoms with Crippen molar-refractivity contribution in [2.75, 3.05) is 33.0 Å². The molecular formula is C10H20O4. The summed E-state index contributed by atoms with van der Waals surface area (Å²) in [6.45, 7) is 5.22. The Morgan fingerprint density at radius 2 is 1.93 bits per heavy atom. The van der Waals surface area contributed by atoms with Crippen molar-refractivity contribution < 1.29 is 19.3 Å². The molecule has 4 heteroatoms. The molecule has 0 spiro atoms. The zero-order valence-corrected chi connectivity index (χ0v) is 8.78.